The second kappa shape index (κ2) is 12.9. The molecule has 0 N–H and O–H groups in total. The number of pyridine rings is 1. The van der Waals surface area contributed by atoms with Crippen LogP contribution in [0.15, 0.2) is 91.0 Å². The molecule has 0 aliphatic carbocycles. The van der Waals surface area contributed by atoms with E-state index < -0.39 is 30.1 Å². The van der Waals surface area contributed by atoms with Crippen LogP contribution >= 0.6 is 0 Å². The molecule has 3 aromatic rings. The highest BCUT2D eigenvalue weighted by atomic mass is 19.4. The van der Waals surface area contributed by atoms with Crippen LogP contribution in [0.25, 0.3) is 33.9 Å². The topological polar surface area (TPSA) is 39.9 Å². The summed E-state index contributed by atoms with van der Waals surface area (Å²) < 4.78 is 101. The molecule has 0 saturated heterocycles. The van der Waals surface area contributed by atoms with Crippen molar-refractivity contribution in [1.29, 1.82) is 0 Å². The van der Waals surface area contributed by atoms with E-state index in [1.165, 1.54) is 12.1 Å². The number of benzene rings is 3. The van der Waals surface area contributed by atoms with Crippen molar-refractivity contribution in [1.82, 2.24) is 14.5 Å². The van der Waals surface area contributed by atoms with Gasteiger partial charge >= 0.3 is 12.3 Å². The Labute approximate surface area is 248 Å². The fourth-order valence-electron chi connectivity index (χ4n) is 4.76. The van der Waals surface area contributed by atoms with E-state index >= 15 is 0 Å². The normalized spacial score (nSPS) is 11.6. The minimum atomic E-state index is -4.66. The molecule has 3 aromatic carbocycles. The number of hydrogen-bond acceptors (Lipinski definition) is 3. The Morgan fingerprint density at radius 2 is 1.61 bits per heavy atom. The lowest BCUT2D eigenvalue weighted by atomic mass is 9.98. The molecule has 228 valence electrons. The van der Waals surface area contributed by atoms with Gasteiger partial charge in [0.15, 0.2) is 11.7 Å². The number of alkyl halides is 3. The fraction of sp³-hybridized carbons (Fsp3) is 0.212. The molecule has 0 spiro atoms. The van der Waals surface area contributed by atoms with Crippen molar-refractivity contribution in [2.75, 3.05) is 6.61 Å². The fourth-order valence-corrected chi connectivity index (χ4v) is 4.76. The van der Waals surface area contributed by atoms with Crippen LogP contribution in [0.3, 0.4) is 0 Å². The van der Waals surface area contributed by atoms with Gasteiger partial charge < -0.3 is 9.30 Å². The number of fused-ring (bicyclic) bond motifs is 1. The lowest BCUT2D eigenvalue weighted by molar-refractivity contribution is -0.137. The second-order valence-corrected chi connectivity index (χ2v) is 10.2. The lowest BCUT2D eigenvalue weighted by Gasteiger charge is -2.16. The predicted molar refractivity (Wildman–Crippen MR) is 152 cm³/mol. The Balaban J connectivity index is 1.28. The van der Waals surface area contributed by atoms with Crippen molar-refractivity contribution in [3.05, 3.63) is 114 Å². The van der Waals surface area contributed by atoms with Crippen LogP contribution in [0.4, 0.5) is 30.7 Å². The standard InChI is InChI=1S/C33H26F7N3O/c1-20-5-4-6-25(30(20)35)32-41-28-14-15-43(19-29(28)42-32)18-21-8-10-22(11-9-21)24-13-12-23(17-26(24)33(38,39)40)44-16-3-2-7-27(34)31(36)37/h4-6,8-15,17,19H,2-3,7,16,18H2,1H3. The van der Waals surface area contributed by atoms with Crippen molar-refractivity contribution in [2.24, 2.45) is 0 Å². The van der Waals surface area contributed by atoms with Crippen molar-refractivity contribution in [3.63, 3.8) is 0 Å². The Bertz CT molecular complexity index is 1760. The summed E-state index contributed by atoms with van der Waals surface area (Å²) in [4.78, 5) is 8.93. The van der Waals surface area contributed by atoms with Gasteiger partial charge in [-0.1, -0.05) is 42.5 Å². The van der Waals surface area contributed by atoms with Gasteiger partial charge in [-0.25, -0.2) is 18.7 Å². The third kappa shape index (κ3) is 7.10. The summed E-state index contributed by atoms with van der Waals surface area (Å²) in [6.07, 6.45) is -3.65. The zero-order chi connectivity index (χ0) is 31.4. The summed E-state index contributed by atoms with van der Waals surface area (Å²) in [7, 11) is 0. The summed E-state index contributed by atoms with van der Waals surface area (Å²) in [5.74, 6) is -1.61. The van der Waals surface area contributed by atoms with Gasteiger partial charge in [0.05, 0.1) is 23.4 Å². The average molecular weight is 614 g/mol. The first kappa shape index (κ1) is 30.8. The van der Waals surface area contributed by atoms with Crippen LogP contribution in [0.2, 0.25) is 0 Å². The van der Waals surface area contributed by atoms with Gasteiger partial charge in [-0.05, 0) is 66.3 Å². The molecule has 4 nitrogen and oxygen atoms in total. The van der Waals surface area contributed by atoms with Gasteiger partial charge in [-0.3, -0.25) is 0 Å². The molecule has 11 heteroatoms. The number of allylic oxidation sites excluding steroid dienone is 1. The van der Waals surface area contributed by atoms with E-state index in [4.69, 9.17) is 4.74 Å². The number of halogens is 7. The number of aromatic nitrogens is 3. The van der Waals surface area contributed by atoms with Crippen molar-refractivity contribution in [2.45, 2.75) is 38.9 Å². The van der Waals surface area contributed by atoms with E-state index in [1.807, 2.05) is 4.57 Å². The Morgan fingerprint density at radius 1 is 0.864 bits per heavy atom. The number of unbranched alkanes of at least 4 members (excludes halogenated alkanes) is 1. The molecule has 5 rings (SSSR count). The number of imidazole rings is 1. The SMILES string of the molecule is Cc1cccc(-c2nc3ccn(Cc4ccc(-c5ccc(OCCCCC(F)=C(F)F)cc5C(F)(F)F)cc4)cc-3n2)c1F. The van der Waals surface area contributed by atoms with E-state index in [2.05, 4.69) is 9.97 Å². The Hall–Kier alpha value is -4.67. The van der Waals surface area contributed by atoms with Gasteiger partial charge in [-0.2, -0.15) is 22.0 Å². The molecule has 2 heterocycles. The monoisotopic (exact) mass is 613 g/mol. The van der Waals surface area contributed by atoms with Gasteiger partial charge in [0.1, 0.15) is 17.3 Å². The van der Waals surface area contributed by atoms with Gasteiger partial charge in [0, 0.05) is 25.4 Å². The molecule has 0 amide bonds. The first-order valence-electron chi connectivity index (χ1n) is 13.7. The minimum absolute atomic E-state index is 0.0268. The van der Waals surface area contributed by atoms with Gasteiger partial charge in [-0.15, -0.1) is 0 Å². The summed E-state index contributed by atoms with van der Waals surface area (Å²) in [5.41, 5.74) is 2.28. The minimum Gasteiger partial charge on any atom is -0.494 e. The molecule has 0 fully saturated rings. The Kier molecular flexibility index (Phi) is 9.03. The highest BCUT2D eigenvalue weighted by Crippen LogP contribution is 2.39. The van der Waals surface area contributed by atoms with E-state index in [0.29, 0.717) is 40.4 Å². The maximum atomic E-state index is 14.6. The third-order valence-electron chi connectivity index (χ3n) is 7.05. The summed E-state index contributed by atoms with van der Waals surface area (Å²) in [6, 6.07) is 17.1. The van der Waals surface area contributed by atoms with E-state index in [0.717, 1.165) is 11.6 Å². The molecule has 2 aliphatic rings. The molecule has 0 radical (unpaired) electrons. The van der Waals surface area contributed by atoms with E-state index in [9.17, 15) is 30.7 Å². The van der Waals surface area contributed by atoms with Crippen LogP contribution in [0, 0.1) is 12.7 Å². The van der Waals surface area contributed by atoms with Crippen molar-refractivity contribution in [3.8, 4) is 39.7 Å². The lowest BCUT2D eigenvalue weighted by Crippen LogP contribution is -2.08. The molecule has 0 unspecified atom stereocenters. The largest absolute Gasteiger partial charge is 0.494 e. The summed E-state index contributed by atoms with van der Waals surface area (Å²) >= 11 is 0. The third-order valence-corrected chi connectivity index (χ3v) is 7.05. The van der Waals surface area contributed by atoms with E-state index in [-0.39, 0.29) is 36.6 Å². The van der Waals surface area contributed by atoms with Crippen LogP contribution in [-0.4, -0.2) is 21.1 Å². The molecule has 0 atom stereocenters. The molecule has 0 saturated carbocycles. The first-order chi connectivity index (χ1) is 21.0. The van der Waals surface area contributed by atoms with Crippen molar-refractivity contribution >= 4 is 0 Å². The molecule has 0 bridgehead atoms. The first-order valence-corrected chi connectivity index (χ1v) is 13.7. The number of hydrogen-bond donors (Lipinski definition) is 0. The van der Waals surface area contributed by atoms with E-state index in [1.54, 1.807) is 67.8 Å². The molecule has 44 heavy (non-hydrogen) atoms. The number of rotatable bonds is 10. The van der Waals surface area contributed by atoms with Crippen molar-refractivity contribution < 1.29 is 35.5 Å². The highest BCUT2D eigenvalue weighted by Gasteiger charge is 2.34. The summed E-state index contributed by atoms with van der Waals surface area (Å²) in [5, 5.41) is 0. The zero-order valence-electron chi connectivity index (χ0n) is 23.4. The highest BCUT2D eigenvalue weighted by molar-refractivity contribution is 5.70. The van der Waals surface area contributed by atoms with Gasteiger partial charge in [0.25, 0.3) is 0 Å². The summed E-state index contributed by atoms with van der Waals surface area (Å²) in [6.45, 7) is 2.04. The maximum Gasteiger partial charge on any atom is 0.417 e. The number of ether oxygens (including phenoxy) is 1. The van der Waals surface area contributed by atoms with Crippen LogP contribution in [-0.2, 0) is 12.7 Å². The van der Waals surface area contributed by atoms with Crippen LogP contribution in [0.5, 0.6) is 5.75 Å². The van der Waals surface area contributed by atoms with Gasteiger partial charge in [0.2, 0.25) is 0 Å². The number of aryl methyl sites for hydroxylation is 1. The Morgan fingerprint density at radius 3 is 2.34 bits per heavy atom. The molecular formula is C33H26F7N3O. The smallest absolute Gasteiger partial charge is 0.417 e. The predicted octanol–water partition coefficient (Wildman–Crippen LogP) is 9.86. The molecule has 2 aliphatic heterocycles. The number of nitrogens with zero attached hydrogens (tertiary/aromatic N) is 3. The van der Waals surface area contributed by atoms with Crippen LogP contribution in [0.1, 0.15) is 36.0 Å². The van der Waals surface area contributed by atoms with Crippen LogP contribution < -0.4 is 4.74 Å². The second-order valence-electron chi connectivity index (χ2n) is 10.2. The quantitative estimate of drug-likeness (QED) is 0.116. The molecular weight excluding hydrogens is 587 g/mol. The average Bonchev–Trinajstić information content (AvgIpc) is 3.41. The zero-order valence-corrected chi connectivity index (χ0v) is 23.4. The molecule has 0 aromatic heterocycles. The maximum absolute atomic E-state index is 14.6.